The average Bonchev–Trinajstić information content (AvgIpc) is 2.85. The third-order valence-corrected chi connectivity index (χ3v) is 3.57. The van der Waals surface area contributed by atoms with Crippen LogP contribution < -0.4 is 5.32 Å². The number of hydrogen-bond donors (Lipinski definition) is 1. The zero-order chi connectivity index (χ0) is 12.1. The molecule has 3 heteroatoms. The summed E-state index contributed by atoms with van der Waals surface area (Å²) in [5, 5.41) is 3.46. The first-order valence-corrected chi connectivity index (χ1v) is 6.80. The number of rotatable bonds is 5. The van der Waals surface area contributed by atoms with Crippen LogP contribution in [0.4, 0.5) is 0 Å². The van der Waals surface area contributed by atoms with E-state index in [4.69, 9.17) is 0 Å². The minimum Gasteiger partial charge on any atom is -0.315 e. The fourth-order valence-electron chi connectivity index (χ4n) is 2.56. The van der Waals surface area contributed by atoms with Crippen molar-refractivity contribution in [3.63, 3.8) is 0 Å². The number of hydrogen-bond acceptors (Lipinski definition) is 2. The van der Waals surface area contributed by atoms with Gasteiger partial charge in [0, 0.05) is 19.1 Å². The van der Waals surface area contributed by atoms with Crippen LogP contribution in [0.5, 0.6) is 0 Å². The van der Waals surface area contributed by atoms with Crippen molar-refractivity contribution in [1.29, 1.82) is 0 Å². The van der Waals surface area contributed by atoms with E-state index in [0.717, 1.165) is 19.1 Å². The van der Waals surface area contributed by atoms with E-state index < -0.39 is 0 Å². The first-order chi connectivity index (χ1) is 8.29. The van der Waals surface area contributed by atoms with Gasteiger partial charge in [0.1, 0.15) is 0 Å². The van der Waals surface area contributed by atoms with Crippen LogP contribution in [0, 0.1) is 6.92 Å². The van der Waals surface area contributed by atoms with Gasteiger partial charge in [-0.05, 0) is 38.4 Å². The van der Waals surface area contributed by atoms with Crippen molar-refractivity contribution in [2.24, 2.45) is 0 Å². The molecule has 1 aromatic rings. The zero-order valence-corrected chi connectivity index (χ0v) is 12.3. The van der Waals surface area contributed by atoms with E-state index in [0.29, 0.717) is 0 Å². The Morgan fingerprint density at radius 1 is 1.28 bits per heavy atom. The van der Waals surface area contributed by atoms with Crippen molar-refractivity contribution >= 4 is 12.4 Å². The van der Waals surface area contributed by atoms with Crippen LogP contribution >= 0.6 is 12.4 Å². The van der Waals surface area contributed by atoms with Gasteiger partial charge < -0.3 is 5.32 Å². The number of benzene rings is 1. The minimum absolute atomic E-state index is 0. The van der Waals surface area contributed by atoms with Crippen LogP contribution in [-0.2, 0) is 6.54 Å². The highest BCUT2D eigenvalue weighted by molar-refractivity contribution is 5.85. The highest BCUT2D eigenvalue weighted by atomic mass is 35.5. The van der Waals surface area contributed by atoms with Crippen LogP contribution in [0.1, 0.15) is 30.9 Å². The Kier molecular flexibility index (Phi) is 6.69. The molecule has 0 bridgehead atoms. The predicted octanol–water partition coefficient (Wildman–Crippen LogP) is 2.99. The van der Waals surface area contributed by atoms with E-state index in [1.807, 2.05) is 0 Å². The van der Waals surface area contributed by atoms with Gasteiger partial charge in [0.15, 0.2) is 0 Å². The molecule has 0 saturated carbocycles. The largest absolute Gasteiger partial charge is 0.315 e. The zero-order valence-electron chi connectivity index (χ0n) is 11.5. The molecule has 2 rings (SSSR count). The second-order valence-corrected chi connectivity index (χ2v) is 5.10. The third-order valence-electron chi connectivity index (χ3n) is 3.57. The van der Waals surface area contributed by atoms with E-state index >= 15 is 0 Å². The lowest BCUT2D eigenvalue weighted by atomic mass is 10.1. The van der Waals surface area contributed by atoms with E-state index in [-0.39, 0.29) is 12.4 Å². The predicted molar refractivity (Wildman–Crippen MR) is 80.4 cm³/mol. The molecule has 1 atom stereocenters. The molecule has 0 aromatic heterocycles. The summed E-state index contributed by atoms with van der Waals surface area (Å²) >= 11 is 0. The normalized spacial score (nSPS) is 18.9. The van der Waals surface area contributed by atoms with Gasteiger partial charge in [0.25, 0.3) is 0 Å². The van der Waals surface area contributed by atoms with E-state index in [1.165, 1.54) is 37.1 Å². The molecule has 1 aromatic carbocycles. The van der Waals surface area contributed by atoms with Crippen molar-refractivity contribution in [1.82, 2.24) is 10.2 Å². The number of nitrogens with zero attached hydrogens (tertiary/aromatic N) is 1. The van der Waals surface area contributed by atoms with Gasteiger partial charge in [0.2, 0.25) is 0 Å². The molecule has 1 aliphatic heterocycles. The van der Waals surface area contributed by atoms with Gasteiger partial charge in [0.05, 0.1) is 0 Å². The Balaban J connectivity index is 0.00000162. The molecule has 1 fully saturated rings. The molecular formula is C15H25ClN2. The van der Waals surface area contributed by atoms with E-state index in [9.17, 15) is 0 Å². The summed E-state index contributed by atoms with van der Waals surface area (Å²) in [6, 6.07) is 9.69. The highest BCUT2D eigenvalue weighted by Gasteiger charge is 2.21. The van der Waals surface area contributed by atoms with E-state index in [1.54, 1.807) is 0 Å². The van der Waals surface area contributed by atoms with Crippen LogP contribution in [-0.4, -0.2) is 30.6 Å². The molecule has 0 spiro atoms. The molecule has 18 heavy (non-hydrogen) atoms. The first-order valence-electron chi connectivity index (χ1n) is 6.80. The fraction of sp³-hybridized carbons (Fsp3) is 0.600. The molecular weight excluding hydrogens is 244 g/mol. The fourth-order valence-corrected chi connectivity index (χ4v) is 2.56. The molecule has 1 aliphatic rings. The number of nitrogens with one attached hydrogen (secondary N) is 1. The average molecular weight is 269 g/mol. The van der Waals surface area contributed by atoms with E-state index in [2.05, 4.69) is 48.3 Å². The molecule has 1 heterocycles. The topological polar surface area (TPSA) is 15.3 Å². The lowest BCUT2D eigenvalue weighted by Gasteiger charge is -2.28. The van der Waals surface area contributed by atoms with Crippen molar-refractivity contribution < 1.29 is 0 Å². The summed E-state index contributed by atoms with van der Waals surface area (Å²) in [7, 11) is 0. The van der Waals surface area contributed by atoms with Gasteiger partial charge in [-0.1, -0.05) is 36.8 Å². The maximum Gasteiger partial charge on any atom is 0.0237 e. The summed E-state index contributed by atoms with van der Waals surface area (Å²) in [6.07, 6.45) is 2.54. The molecule has 1 unspecified atom stereocenters. The Morgan fingerprint density at radius 2 is 2.00 bits per heavy atom. The van der Waals surface area contributed by atoms with Gasteiger partial charge in [-0.2, -0.15) is 0 Å². The Labute approximate surface area is 117 Å². The maximum absolute atomic E-state index is 3.46. The highest BCUT2D eigenvalue weighted by Crippen LogP contribution is 2.14. The molecule has 1 N–H and O–H groups in total. The molecule has 102 valence electrons. The van der Waals surface area contributed by atoms with Crippen LogP contribution in [0.15, 0.2) is 24.3 Å². The smallest absolute Gasteiger partial charge is 0.0237 e. The standard InChI is InChI=1S/C15H24N2.ClH/c1-3-10-17(15-8-9-16-11-15)12-14-6-4-13(2)5-7-14;/h4-7,15-16H,3,8-12H2,1-2H3;1H. The van der Waals surface area contributed by atoms with Gasteiger partial charge >= 0.3 is 0 Å². The molecule has 0 amide bonds. The molecule has 0 radical (unpaired) electrons. The quantitative estimate of drug-likeness (QED) is 0.883. The Bertz CT molecular complexity index is 331. The van der Waals surface area contributed by atoms with Crippen molar-refractivity contribution in [2.75, 3.05) is 19.6 Å². The minimum atomic E-state index is 0. The monoisotopic (exact) mass is 268 g/mol. The van der Waals surface area contributed by atoms with Crippen LogP contribution in [0.25, 0.3) is 0 Å². The van der Waals surface area contributed by atoms with Crippen molar-refractivity contribution in [3.8, 4) is 0 Å². The van der Waals surface area contributed by atoms with Gasteiger partial charge in [-0.15, -0.1) is 12.4 Å². The summed E-state index contributed by atoms with van der Waals surface area (Å²) in [6.45, 7) is 9.06. The third kappa shape index (κ3) is 4.27. The Hall–Kier alpha value is -0.570. The molecule has 0 aliphatic carbocycles. The van der Waals surface area contributed by atoms with Crippen molar-refractivity contribution in [3.05, 3.63) is 35.4 Å². The molecule has 2 nitrogen and oxygen atoms in total. The summed E-state index contributed by atoms with van der Waals surface area (Å²) in [5.41, 5.74) is 2.79. The Morgan fingerprint density at radius 3 is 2.56 bits per heavy atom. The molecule has 1 saturated heterocycles. The second kappa shape index (κ2) is 7.78. The van der Waals surface area contributed by atoms with Gasteiger partial charge in [-0.3, -0.25) is 4.90 Å². The SMILES string of the molecule is CCCN(Cc1ccc(C)cc1)C1CCNC1.Cl. The summed E-state index contributed by atoms with van der Waals surface area (Å²) in [5.74, 6) is 0. The maximum atomic E-state index is 3.46. The number of halogens is 1. The number of aryl methyl sites for hydroxylation is 1. The van der Waals surface area contributed by atoms with Crippen LogP contribution in [0.3, 0.4) is 0 Å². The van der Waals surface area contributed by atoms with Crippen LogP contribution in [0.2, 0.25) is 0 Å². The first kappa shape index (κ1) is 15.5. The summed E-state index contributed by atoms with van der Waals surface area (Å²) < 4.78 is 0. The van der Waals surface area contributed by atoms with Crippen molar-refractivity contribution in [2.45, 2.75) is 39.3 Å². The lowest BCUT2D eigenvalue weighted by Crippen LogP contribution is -2.36. The summed E-state index contributed by atoms with van der Waals surface area (Å²) in [4.78, 5) is 2.63. The lowest BCUT2D eigenvalue weighted by molar-refractivity contribution is 0.199. The van der Waals surface area contributed by atoms with Gasteiger partial charge in [-0.25, -0.2) is 0 Å². The second-order valence-electron chi connectivity index (χ2n) is 5.10.